The first-order valence-corrected chi connectivity index (χ1v) is 11.7. The van der Waals surface area contributed by atoms with Crippen LogP contribution < -0.4 is 15.9 Å². The molecule has 0 amide bonds. The molecule has 8 heteroatoms. The van der Waals surface area contributed by atoms with Crippen molar-refractivity contribution in [3.63, 3.8) is 0 Å². The molecule has 0 saturated carbocycles. The number of fused-ring (bicyclic) bond motifs is 1. The Kier molecular flexibility index (Phi) is 4.84. The molecule has 0 aliphatic carbocycles. The highest BCUT2D eigenvalue weighted by Crippen LogP contribution is 2.38. The molecular formula is C20H19ClN5OP. The van der Waals surface area contributed by atoms with Gasteiger partial charge in [-0.1, -0.05) is 23.7 Å². The molecule has 4 rings (SSSR count). The molecule has 0 unspecified atom stereocenters. The van der Waals surface area contributed by atoms with E-state index in [1.54, 1.807) is 13.3 Å². The lowest BCUT2D eigenvalue weighted by Crippen LogP contribution is -2.10. The fraction of sp³-hybridized carbons (Fsp3) is 0.100. The second kappa shape index (κ2) is 7.30. The van der Waals surface area contributed by atoms with Gasteiger partial charge in [-0.2, -0.15) is 4.98 Å². The predicted octanol–water partition coefficient (Wildman–Crippen LogP) is 5.35. The topological polar surface area (TPSA) is 82.7 Å². The molecule has 2 aromatic carbocycles. The zero-order valence-electron chi connectivity index (χ0n) is 15.4. The number of halogens is 1. The van der Waals surface area contributed by atoms with Crippen LogP contribution in [0.3, 0.4) is 0 Å². The van der Waals surface area contributed by atoms with E-state index in [2.05, 4.69) is 25.6 Å². The van der Waals surface area contributed by atoms with E-state index in [0.717, 1.165) is 27.6 Å². The van der Waals surface area contributed by atoms with Crippen LogP contribution in [-0.2, 0) is 4.57 Å². The minimum Gasteiger partial charge on any atom is -0.361 e. The minimum atomic E-state index is -2.46. The highest BCUT2D eigenvalue weighted by atomic mass is 35.5. The summed E-state index contributed by atoms with van der Waals surface area (Å²) in [6.07, 6.45) is 3.43. The molecule has 0 saturated heterocycles. The van der Waals surface area contributed by atoms with Gasteiger partial charge in [-0.3, -0.25) is 0 Å². The molecule has 3 N–H and O–H groups in total. The Hall–Kier alpha value is -2.82. The first-order chi connectivity index (χ1) is 13.4. The molecule has 0 bridgehead atoms. The maximum atomic E-state index is 12.6. The van der Waals surface area contributed by atoms with E-state index in [1.807, 2.05) is 54.7 Å². The number of anilines is 4. The number of aromatic nitrogens is 3. The molecule has 0 atom stereocenters. The van der Waals surface area contributed by atoms with Crippen LogP contribution in [0.1, 0.15) is 0 Å². The van der Waals surface area contributed by atoms with Crippen molar-refractivity contribution in [2.75, 3.05) is 24.0 Å². The maximum Gasteiger partial charge on any atom is 0.229 e. The normalized spacial score (nSPS) is 11.5. The smallest absolute Gasteiger partial charge is 0.229 e. The van der Waals surface area contributed by atoms with Crippen LogP contribution in [0.4, 0.5) is 23.1 Å². The average Bonchev–Trinajstić information content (AvgIpc) is 3.12. The van der Waals surface area contributed by atoms with Crippen molar-refractivity contribution in [3.8, 4) is 0 Å². The third kappa shape index (κ3) is 3.88. The number of para-hydroxylation sites is 1. The number of aromatic amines is 1. The van der Waals surface area contributed by atoms with E-state index in [-0.39, 0.29) is 0 Å². The summed E-state index contributed by atoms with van der Waals surface area (Å²) in [4.78, 5) is 11.9. The SMILES string of the molecule is CP(C)(=O)c1ccccc1Nc1nc(Nc2ccc3[nH]ccc3c2)ncc1Cl. The lowest BCUT2D eigenvalue weighted by Gasteiger charge is -2.15. The summed E-state index contributed by atoms with van der Waals surface area (Å²) < 4.78 is 12.6. The Labute approximate surface area is 167 Å². The number of nitrogens with zero attached hydrogens (tertiary/aromatic N) is 2. The highest BCUT2D eigenvalue weighted by molar-refractivity contribution is 7.70. The van der Waals surface area contributed by atoms with Gasteiger partial charge in [-0.05, 0) is 49.7 Å². The van der Waals surface area contributed by atoms with E-state index in [4.69, 9.17) is 11.6 Å². The third-order valence-corrected chi connectivity index (χ3v) is 6.12. The largest absolute Gasteiger partial charge is 0.361 e. The second-order valence-corrected chi connectivity index (χ2v) is 10.4. The van der Waals surface area contributed by atoms with Crippen molar-refractivity contribution in [2.24, 2.45) is 0 Å². The van der Waals surface area contributed by atoms with E-state index < -0.39 is 7.14 Å². The Balaban J connectivity index is 1.64. The van der Waals surface area contributed by atoms with Gasteiger partial charge in [-0.15, -0.1) is 0 Å². The Morgan fingerprint density at radius 2 is 1.89 bits per heavy atom. The van der Waals surface area contributed by atoms with Crippen LogP contribution >= 0.6 is 18.7 Å². The summed E-state index contributed by atoms with van der Waals surface area (Å²) in [7, 11) is -2.46. The van der Waals surface area contributed by atoms with Crippen molar-refractivity contribution in [1.82, 2.24) is 15.0 Å². The van der Waals surface area contributed by atoms with Crippen LogP contribution in [0.5, 0.6) is 0 Å². The van der Waals surface area contributed by atoms with Gasteiger partial charge in [0.15, 0.2) is 5.82 Å². The summed E-state index contributed by atoms with van der Waals surface area (Å²) >= 11 is 6.29. The number of H-pyrrole nitrogens is 1. The van der Waals surface area contributed by atoms with Crippen LogP contribution in [-0.4, -0.2) is 28.3 Å². The Morgan fingerprint density at radius 3 is 2.71 bits per heavy atom. The molecule has 0 radical (unpaired) electrons. The highest BCUT2D eigenvalue weighted by Gasteiger charge is 2.17. The first kappa shape index (κ1) is 18.5. The Morgan fingerprint density at radius 1 is 1.07 bits per heavy atom. The molecule has 0 spiro atoms. The van der Waals surface area contributed by atoms with Gasteiger partial charge in [0.25, 0.3) is 0 Å². The summed E-state index contributed by atoms with van der Waals surface area (Å²) in [6.45, 7) is 3.47. The zero-order chi connectivity index (χ0) is 19.7. The maximum absolute atomic E-state index is 12.6. The van der Waals surface area contributed by atoms with Crippen LogP contribution in [0, 0.1) is 0 Å². The summed E-state index contributed by atoms with van der Waals surface area (Å²) in [5.74, 6) is 0.859. The van der Waals surface area contributed by atoms with Crippen LogP contribution in [0.2, 0.25) is 5.02 Å². The van der Waals surface area contributed by atoms with Gasteiger partial charge in [0, 0.05) is 28.1 Å². The van der Waals surface area contributed by atoms with Crippen molar-refractivity contribution < 1.29 is 4.57 Å². The number of nitrogens with one attached hydrogen (secondary N) is 3. The van der Waals surface area contributed by atoms with E-state index in [0.29, 0.717) is 16.8 Å². The minimum absolute atomic E-state index is 0.378. The molecule has 142 valence electrons. The molecule has 2 heterocycles. The molecule has 0 aliphatic rings. The van der Waals surface area contributed by atoms with Crippen LogP contribution in [0.15, 0.2) is 60.9 Å². The van der Waals surface area contributed by atoms with Gasteiger partial charge in [0.05, 0.1) is 11.9 Å². The lowest BCUT2D eigenvalue weighted by molar-refractivity contribution is 0.588. The second-order valence-electron chi connectivity index (χ2n) is 6.79. The van der Waals surface area contributed by atoms with E-state index >= 15 is 0 Å². The summed E-state index contributed by atoms with van der Waals surface area (Å²) in [6, 6.07) is 15.4. The van der Waals surface area contributed by atoms with Gasteiger partial charge in [0.2, 0.25) is 5.95 Å². The van der Waals surface area contributed by atoms with Gasteiger partial charge >= 0.3 is 0 Å². The van der Waals surface area contributed by atoms with Gasteiger partial charge in [-0.25, -0.2) is 4.98 Å². The summed E-state index contributed by atoms with van der Waals surface area (Å²) in [5.41, 5.74) is 2.65. The first-order valence-electron chi connectivity index (χ1n) is 8.68. The molecule has 0 fully saturated rings. The van der Waals surface area contributed by atoms with E-state index in [9.17, 15) is 4.57 Å². The summed E-state index contributed by atoms with van der Waals surface area (Å²) in [5, 5.41) is 8.61. The predicted molar refractivity (Wildman–Crippen MR) is 117 cm³/mol. The number of hydrogen-bond donors (Lipinski definition) is 3. The van der Waals surface area contributed by atoms with Gasteiger partial charge < -0.3 is 20.2 Å². The van der Waals surface area contributed by atoms with Crippen molar-refractivity contribution in [2.45, 2.75) is 0 Å². The molecule has 4 aromatic rings. The lowest BCUT2D eigenvalue weighted by atomic mass is 10.2. The van der Waals surface area contributed by atoms with Crippen molar-refractivity contribution >= 4 is 58.1 Å². The number of rotatable bonds is 5. The monoisotopic (exact) mass is 411 g/mol. The molecular weight excluding hydrogens is 393 g/mol. The molecule has 0 aliphatic heterocycles. The van der Waals surface area contributed by atoms with Crippen molar-refractivity contribution in [1.29, 1.82) is 0 Å². The number of benzene rings is 2. The molecule has 2 aromatic heterocycles. The third-order valence-electron chi connectivity index (χ3n) is 4.29. The molecule has 6 nitrogen and oxygen atoms in total. The fourth-order valence-corrected chi connectivity index (χ4v) is 4.25. The Bertz CT molecular complexity index is 1200. The van der Waals surface area contributed by atoms with Crippen LogP contribution in [0.25, 0.3) is 10.9 Å². The van der Waals surface area contributed by atoms with E-state index in [1.165, 1.54) is 6.20 Å². The molecule has 28 heavy (non-hydrogen) atoms. The zero-order valence-corrected chi connectivity index (χ0v) is 17.1. The quantitative estimate of drug-likeness (QED) is 0.386. The fourth-order valence-electron chi connectivity index (χ4n) is 2.95. The van der Waals surface area contributed by atoms with Crippen molar-refractivity contribution in [3.05, 3.63) is 65.9 Å². The number of hydrogen-bond acceptors (Lipinski definition) is 5. The average molecular weight is 412 g/mol. The standard InChI is InChI=1S/C20H19ClN5OP/c1-28(2,27)18-6-4-3-5-17(18)25-19-15(21)12-23-20(26-19)24-14-7-8-16-13(11-14)9-10-22-16/h3-12,22H,1-2H3,(H2,23,24,25,26). The van der Waals surface area contributed by atoms with Gasteiger partial charge in [0.1, 0.15) is 12.2 Å².